The van der Waals surface area contributed by atoms with E-state index in [1.807, 2.05) is 0 Å². The van der Waals surface area contributed by atoms with Crippen molar-refractivity contribution in [3.8, 4) is 0 Å². The van der Waals surface area contributed by atoms with Crippen LogP contribution in [-0.4, -0.2) is 29.5 Å². The second-order valence-corrected chi connectivity index (χ2v) is 1.69. The van der Waals surface area contributed by atoms with Crippen LogP contribution in [0.5, 0.6) is 0 Å². The molecule has 52 valence electrons. The smallest absolute Gasteiger partial charge is 0.355 e. The third kappa shape index (κ3) is 1.51. The molecule has 0 aliphatic carbocycles. The summed E-state index contributed by atoms with van der Waals surface area (Å²) >= 11 is 0. The molecule has 0 aromatic rings. The highest BCUT2D eigenvalue weighted by Crippen LogP contribution is 1.86. The lowest BCUT2D eigenvalue weighted by molar-refractivity contribution is -0.129. The van der Waals surface area contributed by atoms with Gasteiger partial charge >= 0.3 is 5.97 Å². The van der Waals surface area contributed by atoms with E-state index in [0.29, 0.717) is 6.54 Å². The average Bonchev–Trinajstić information content (AvgIpc) is 2.12. The summed E-state index contributed by atoms with van der Waals surface area (Å²) in [7, 11) is 0. The molecule has 1 N–H and O–H groups in total. The van der Waals surface area contributed by atoms with Crippen molar-refractivity contribution in [2.45, 2.75) is 0 Å². The van der Waals surface area contributed by atoms with Crippen LogP contribution in [0.3, 0.4) is 0 Å². The standard InChI is InChI=1S/C6H6N2O2/c9-6(10)5-4-7-2-1-3-8-5/h1-2,4H,3H2,(H,9,10). The molecular weight excluding hydrogens is 132 g/mol. The van der Waals surface area contributed by atoms with Gasteiger partial charge in [-0.25, -0.2) is 4.79 Å². The summed E-state index contributed by atoms with van der Waals surface area (Å²) in [4.78, 5) is 17.6. The number of aliphatic imine (C=N–C) groups is 2. The number of carboxylic acid groups (broad SMARTS) is 1. The quantitative estimate of drug-likeness (QED) is 0.559. The van der Waals surface area contributed by atoms with Crippen LogP contribution < -0.4 is 0 Å². The molecule has 0 aromatic heterocycles. The molecule has 0 amide bonds. The monoisotopic (exact) mass is 138 g/mol. The van der Waals surface area contributed by atoms with Crippen LogP contribution >= 0.6 is 0 Å². The molecule has 0 spiro atoms. The molecule has 1 heterocycles. The number of nitrogens with zero attached hydrogens (tertiary/aromatic N) is 2. The molecule has 10 heavy (non-hydrogen) atoms. The highest BCUT2D eigenvalue weighted by molar-refractivity contribution is 6.58. The van der Waals surface area contributed by atoms with Crippen molar-refractivity contribution in [2.24, 2.45) is 9.98 Å². The molecule has 4 nitrogen and oxygen atoms in total. The summed E-state index contributed by atoms with van der Waals surface area (Å²) in [6.07, 6.45) is 4.44. The zero-order valence-electron chi connectivity index (χ0n) is 5.19. The fraction of sp³-hybridized carbons (Fsp3) is 0.167. The van der Waals surface area contributed by atoms with Crippen LogP contribution in [0.1, 0.15) is 0 Å². The minimum atomic E-state index is -1.03. The van der Waals surface area contributed by atoms with E-state index in [2.05, 4.69) is 9.98 Å². The van der Waals surface area contributed by atoms with Crippen molar-refractivity contribution >= 4 is 17.9 Å². The first-order valence-electron chi connectivity index (χ1n) is 2.76. The molecule has 0 saturated carbocycles. The Balaban J connectivity index is 2.78. The van der Waals surface area contributed by atoms with Crippen LogP contribution in [-0.2, 0) is 4.79 Å². The predicted molar refractivity (Wildman–Crippen MR) is 37.6 cm³/mol. The van der Waals surface area contributed by atoms with Gasteiger partial charge in [0.15, 0.2) is 5.71 Å². The van der Waals surface area contributed by atoms with Gasteiger partial charge in [0.25, 0.3) is 0 Å². The van der Waals surface area contributed by atoms with E-state index in [1.165, 1.54) is 12.4 Å². The summed E-state index contributed by atoms with van der Waals surface area (Å²) in [6, 6.07) is 0. The van der Waals surface area contributed by atoms with Gasteiger partial charge in [0, 0.05) is 6.20 Å². The zero-order valence-corrected chi connectivity index (χ0v) is 5.19. The highest BCUT2D eigenvalue weighted by Gasteiger charge is 2.04. The van der Waals surface area contributed by atoms with Gasteiger partial charge in [-0.3, -0.25) is 9.98 Å². The van der Waals surface area contributed by atoms with Crippen LogP contribution in [0.2, 0.25) is 0 Å². The van der Waals surface area contributed by atoms with Crippen molar-refractivity contribution in [1.82, 2.24) is 0 Å². The van der Waals surface area contributed by atoms with Crippen LogP contribution in [0, 0.1) is 0 Å². The molecular formula is C6H6N2O2. The summed E-state index contributed by atoms with van der Waals surface area (Å²) in [6.45, 7) is 0.391. The third-order valence-corrected chi connectivity index (χ3v) is 0.974. The van der Waals surface area contributed by atoms with Crippen LogP contribution in [0.25, 0.3) is 0 Å². The fourth-order valence-electron chi connectivity index (χ4n) is 0.536. The van der Waals surface area contributed by atoms with Crippen molar-refractivity contribution in [1.29, 1.82) is 0 Å². The van der Waals surface area contributed by atoms with Gasteiger partial charge in [0.1, 0.15) is 0 Å². The van der Waals surface area contributed by atoms with Crippen molar-refractivity contribution in [3.63, 3.8) is 0 Å². The molecule has 0 radical (unpaired) electrons. The molecule has 1 aliphatic heterocycles. The molecule has 0 aromatic carbocycles. The van der Waals surface area contributed by atoms with Gasteiger partial charge < -0.3 is 5.11 Å². The van der Waals surface area contributed by atoms with Gasteiger partial charge in [-0.1, -0.05) is 0 Å². The summed E-state index contributed by atoms with van der Waals surface area (Å²) in [5, 5.41) is 8.41. The Bertz CT molecular complexity index is 228. The largest absolute Gasteiger partial charge is 0.476 e. The molecule has 0 unspecified atom stereocenters. The Hall–Kier alpha value is -1.45. The lowest BCUT2D eigenvalue weighted by atomic mass is 10.4. The SMILES string of the molecule is O=C(O)C1=NCC=CN=C1. The van der Waals surface area contributed by atoms with Crippen LogP contribution in [0.15, 0.2) is 22.3 Å². The fourth-order valence-corrected chi connectivity index (χ4v) is 0.536. The number of aliphatic carboxylic acids is 1. The van der Waals surface area contributed by atoms with E-state index in [1.54, 1.807) is 6.08 Å². The van der Waals surface area contributed by atoms with Gasteiger partial charge in [-0.2, -0.15) is 0 Å². The number of carbonyl (C=O) groups is 1. The van der Waals surface area contributed by atoms with Crippen molar-refractivity contribution in [2.75, 3.05) is 6.54 Å². The van der Waals surface area contributed by atoms with Crippen LogP contribution in [0.4, 0.5) is 0 Å². The lowest BCUT2D eigenvalue weighted by Gasteiger charge is -1.87. The Morgan fingerprint density at radius 2 is 2.50 bits per heavy atom. The summed E-state index contributed by atoms with van der Waals surface area (Å²) in [5.74, 6) is -1.03. The highest BCUT2D eigenvalue weighted by atomic mass is 16.4. The number of carboxylic acids is 1. The van der Waals surface area contributed by atoms with Gasteiger partial charge in [0.2, 0.25) is 0 Å². The normalized spacial score (nSPS) is 16.2. The topological polar surface area (TPSA) is 62.0 Å². The minimum absolute atomic E-state index is 0.00463. The first-order chi connectivity index (χ1) is 4.80. The average molecular weight is 138 g/mol. The zero-order chi connectivity index (χ0) is 7.40. The Labute approximate surface area is 57.6 Å². The van der Waals surface area contributed by atoms with E-state index in [-0.39, 0.29) is 5.71 Å². The van der Waals surface area contributed by atoms with E-state index in [9.17, 15) is 4.79 Å². The Morgan fingerprint density at radius 1 is 1.70 bits per heavy atom. The molecule has 4 heteroatoms. The summed E-state index contributed by atoms with van der Waals surface area (Å²) in [5.41, 5.74) is 0.00463. The van der Waals surface area contributed by atoms with E-state index >= 15 is 0 Å². The first-order valence-corrected chi connectivity index (χ1v) is 2.76. The predicted octanol–water partition coefficient (Wildman–Crippen LogP) is 0.110. The number of rotatable bonds is 1. The Morgan fingerprint density at radius 3 is 3.20 bits per heavy atom. The molecule has 0 bridgehead atoms. The molecule has 1 aliphatic rings. The Kier molecular flexibility index (Phi) is 1.94. The second-order valence-electron chi connectivity index (χ2n) is 1.69. The number of hydrogen-bond acceptors (Lipinski definition) is 3. The van der Waals surface area contributed by atoms with E-state index < -0.39 is 5.97 Å². The molecule has 0 atom stereocenters. The van der Waals surface area contributed by atoms with Gasteiger partial charge in [-0.15, -0.1) is 0 Å². The maximum atomic E-state index is 10.3. The van der Waals surface area contributed by atoms with Crippen molar-refractivity contribution < 1.29 is 9.90 Å². The van der Waals surface area contributed by atoms with E-state index in [4.69, 9.17) is 5.11 Å². The maximum absolute atomic E-state index is 10.3. The maximum Gasteiger partial charge on any atom is 0.355 e. The lowest BCUT2D eigenvalue weighted by Crippen LogP contribution is -2.13. The second kappa shape index (κ2) is 2.91. The molecule has 0 fully saturated rings. The van der Waals surface area contributed by atoms with E-state index in [0.717, 1.165) is 0 Å². The number of hydrogen-bond donors (Lipinski definition) is 1. The minimum Gasteiger partial charge on any atom is -0.476 e. The van der Waals surface area contributed by atoms with Gasteiger partial charge in [0.05, 0.1) is 12.8 Å². The molecule has 0 saturated heterocycles. The third-order valence-electron chi connectivity index (χ3n) is 0.974. The first kappa shape index (κ1) is 6.67. The van der Waals surface area contributed by atoms with Crippen molar-refractivity contribution in [3.05, 3.63) is 12.3 Å². The molecule has 1 rings (SSSR count). The summed E-state index contributed by atoms with van der Waals surface area (Å²) < 4.78 is 0. The van der Waals surface area contributed by atoms with Gasteiger partial charge in [-0.05, 0) is 6.08 Å².